The lowest BCUT2D eigenvalue weighted by atomic mass is 10.0. The number of amides is 3. The van der Waals surface area contributed by atoms with E-state index in [-0.39, 0.29) is 46.2 Å². The molecular weight excluding hydrogens is 541 g/mol. The number of nitrogens with zero attached hydrogens (tertiary/aromatic N) is 3. The van der Waals surface area contributed by atoms with E-state index in [2.05, 4.69) is 10.6 Å². The van der Waals surface area contributed by atoms with Gasteiger partial charge in [0.05, 0.1) is 23.5 Å². The van der Waals surface area contributed by atoms with Gasteiger partial charge in [0.2, 0.25) is 6.41 Å². The third-order valence-corrected chi connectivity index (χ3v) is 7.06. The number of aliphatic hydroxyl groups excluding tert-OH is 1. The zero-order valence-corrected chi connectivity index (χ0v) is 25.0. The normalized spacial score (nSPS) is 12.9. The van der Waals surface area contributed by atoms with Gasteiger partial charge in [-0.1, -0.05) is 26.0 Å². The lowest BCUT2D eigenvalue weighted by Gasteiger charge is -2.28. The molecule has 1 heterocycles. The number of nitrogens with one attached hydrogen (secondary N) is 2. The average Bonchev–Trinajstić information content (AvgIpc) is 3.76. The molecule has 1 aromatic heterocycles. The number of carbonyl (C=O) groups excluding carboxylic acids is 3. The van der Waals surface area contributed by atoms with Crippen molar-refractivity contribution in [1.29, 1.82) is 0 Å². The zero-order chi connectivity index (χ0) is 31.4. The van der Waals surface area contributed by atoms with Gasteiger partial charge in [-0.05, 0) is 62.6 Å². The van der Waals surface area contributed by atoms with Crippen LogP contribution in [0.4, 0.5) is 27.3 Å². The Hall–Kier alpha value is -4.51. The van der Waals surface area contributed by atoms with Crippen LogP contribution in [-0.4, -0.2) is 59.0 Å². The van der Waals surface area contributed by atoms with Crippen LogP contribution in [0.1, 0.15) is 58.5 Å². The first kappa shape index (κ1) is 32.0. The Morgan fingerprint density at radius 1 is 1.12 bits per heavy atom. The lowest BCUT2D eigenvalue weighted by molar-refractivity contribution is -0.106. The van der Waals surface area contributed by atoms with E-state index in [0.29, 0.717) is 24.8 Å². The molecule has 0 aliphatic heterocycles. The summed E-state index contributed by atoms with van der Waals surface area (Å²) in [6.45, 7) is 7.04. The van der Waals surface area contributed by atoms with E-state index in [1.165, 1.54) is 55.7 Å². The summed E-state index contributed by atoms with van der Waals surface area (Å²) in [4.78, 5) is 54.9. The SMILES string of the molecule is CC.Cc1ccc(Nc2c(C(=O)N(C)C)c(N(C=O)c3cccc(C(=O)NC4(CO)CC4)c3)c(C)c(=O)n2C)c(F)c1. The van der Waals surface area contributed by atoms with Crippen LogP contribution in [0.25, 0.3) is 0 Å². The Balaban J connectivity index is 0.00000237. The minimum atomic E-state index is -0.642. The fourth-order valence-corrected chi connectivity index (χ4v) is 4.47. The van der Waals surface area contributed by atoms with Crippen LogP contribution in [0.2, 0.25) is 0 Å². The number of halogens is 1. The second-order valence-electron chi connectivity index (χ2n) is 10.3. The predicted molar refractivity (Wildman–Crippen MR) is 161 cm³/mol. The molecule has 1 aliphatic carbocycles. The van der Waals surface area contributed by atoms with Crippen molar-refractivity contribution in [3.63, 3.8) is 0 Å². The molecule has 10 nitrogen and oxygen atoms in total. The number of carbonyl (C=O) groups is 3. The minimum Gasteiger partial charge on any atom is -0.394 e. The molecule has 0 bridgehead atoms. The number of aromatic nitrogens is 1. The molecule has 0 unspecified atom stereocenters. The molecule has 1 saturated carbocycles. The molecule has 42 heavy (non-hydrogen) atoms. The van der Waals surface area contributed by atoms with Crippen molar-refractivity contribution in [3.05, 3.63) is 80.9 Å². The number of aliphatic hydroxyl groups is 1. The summed E-state index contributed by atoms with van der Waals surface area (Å²) < 4.78 is 16.0. The Morgan fingerprint density at radius 3 is 2.33 bits per heavy atom. The highest BCUT2D eigenvalue weighted by molar-refractivity contribution is 6.09. The Bertz CT molecular complexity index is 1560. The van der Waals surface area contributed by atoms with Crippen molar-refractivity contribution in [2.75, 3.05) is 30.9 Å². The maximum atomic E-state index is 14.8. The highest BCUT2D eigenvalue weighted by atomic mass is 19.1. The van der Waals surface area contributed by atoms with E-state index in [4.69, 9.17) is 0 Å². The van der Waals surface area contributed by atoms with E-state index in [9.17, 15) is 28.7 Å². The van der Waals surface area contributed by atoms with Gasteiger partial charge < -0.3 is 20.6 Å². The Labute approximate surface area is 244 Å². The maximum Gasteiger partial charge on any atom is 0.259 e. The van der Waals surface area contributed by atoms with E-state index < -0.39 is 28.7 Å². The summed E-state index contributed by atoms with van der Waals surface area (Å²) in [5.74, 6) is -1.56. The van der Waals surface area contributed by atoms with Crippen molar-refractivity contribution in [2.45, 2.75) is 46.1 Å². The molecule has 3 amide bonds. The number of benzene rings is 2. The largest absolute Gasteiger partial charge is 0.394 e. The van der Waals surface area contributed by atoms with Crippen LogP contribution in [0, 0.1) is 19.7 Å². The van der Waals surface area contributed by atoms with Gasteiger partial charge in [-0.3, -0.25) is 28.6 Å². The fraction of sp³-hybridized carbons (Fsp3) is 0.355. The summed E-state index contributed by atoms with van der Waals surface area (Å²) in [6, 6.07) is 10.7. The molecule has 0 spiro atoms. The molecule has 2 aromatic carbocycles. The topological polar surface area (TPSA) is 124 Å². The highest BCUT2D eigenvalue weighted by Crippen LogP contribution is 2.37. The fourth-order valence-electron chi connectivity index (χ4n) is 4.47. The van der Waals surface area contributed by atoms with Gasteiger partial charge in [0.25, 0.3) is 17.4 Å². The standard InChI is InChI=1S/C29H32FN5O5.C2H6/c1-17-9-10-22(21(30)13-17)31-25-23(28(40)33(3)4)24(18(2)27(39)34(25)5)35(16-37)20-8-6-7-19(14-20)26(38)32-29(15-36)11-12-29;1-2/h6-10,13-14,16,31,36H,11-12,15H2,1-5H3,(H,32,38);1-2H3. The lowest BCUT2D eigenvalue weighted by Crippen LogP contribution is -2.39. The van der Waals surface area contributed by atoms with Gasteiger partial charge in [0.15, 0.2) is 0 Å². The van der Waals surface area contributed by atoms with Gasteiger partial charge in [0.1, 0.15) is 17.2 Å². The van der Waals surface area contributed by atoms with Crippen LogP contribution < -0.4 is 21.1 Å². The van der Waals surface area contributed by atoms with Crippen LogP contribution in [-0.2, 0) is 11.8 Å². The van der Waals surface area contributed by atoms with Gasteiger partial charge in [-0.25, -0.2) is 4.39 Å². The summed E-state index contributed by atoms with van der Waals surface area (Å²) >= 11 is 0. The summed E-state index contributed by atoms with van der Waals surface area (Å²) in [6.07, 6.45) is 1.78. The molecule has 4 rings (SSSR count). The maximum absolute atomic E-state index is 14.8. The summed E-state index contributed by atoms with van der Waals surface area (Å²) in [5.41, 5.74) is 0.0885. The molecule has 0 radical (unpaired) electrons. The quantitative estimate of drug-likeness (QED) is 0.327. The highest BCUT2D eigenvalue weighted by Gasteiger charge is 2.43. The van der Waals surface area contributed by atoms with E-state index in [1.54, 1.807) is 31.2 Å². The number of hydrogen-bond acceptors (Lipinski definition) is 6. The van der Waals surface area contributed by atoms with Crippen LogP contribution in [0.5, 0.6) is 0 Å². The number of pyridine rings is 1. The van der Waals surface area contributed by atoms with Crippen LogP contribution >= 0.6 is 0 Å². The van der Waals surface area contributed by atoms with Crippen molar-refractivity contribution in [2.24, 2.45) is 7.05 Å². The first-order valence-electron chi connectivity index (χ1n) is 13.7. The third-order valence-electron chi connectivity index (χ3n) is 7.06. The number of hydrogen-bond donors (Lipinski definition) is 3. The van der Waals surface area contributed by atoms with Crippen molar-refractivity contribution in [3.8, 4) is 0 Å². The third kappa shape index (κ3) is 6.36. The molecule has 0 atom stereocenters. The average molecular weight is 580 g/mol. The smallest absolute Gasteiger partial charge is 0.259 e. The Morgan fingerprint density at radius 2 is 1.79 bits per heavy atom. The number of rotatable bonds is 9. The van der Waals surface area contributed by atoms with E-state index in [1.807, 2.05) is 13.8 Å². The van der Waals surface area contributed by atoms with Gasteiger partial charge >= 0.3 is 0 Å². The van der Waals surface area contributed by atoms with Crippen LogP contribution in [0.3, 0.4) is 0 Å². The first-order valence-corrected chi connectivity index (χ1v) is 13.7. The number of aryl methyl sites for hydroxylation is 1. The second kappa shape index (κ2) is 13.0. The van der Waals surface area contributed by atoms with Gasteiger partial charge in [-0.15, -0.1) is 0 Å². The summed E-state index contributed by atoms with van der Waals surface area (Å²) in [7, 11) is 4.49. The van der Waals surface area contributed by atoms with E-state index >= 15 is 0 Å². The zero-order valence-electron chi connectivity index (χ0n) is 25.0. The van der Waals surface area contributed by atoms with Crippen molar-refractivity contribution in [1.82, 2.24) is 14.8 Å². The first-order chi connectivity index (χ1) is 19.9. The molecular formula is C31H38FN5O5. The van der Waals surface area contributed by atoms with Crippen LogP contribution in [0.15, 0.2) is 47.3 Å². The minimum absolute atomic E-state index is 0.00148. The molecule has 0 saturated heterocycles. The van der Waals surface area contributed by atoms with E-state index in [0.717, 1.165) is 4.90 Å². The number of anilines is 4. The van der Waals surface area contributed by atoms with Crippen molar-refractivity contribution >= 4 is 41.1 Å². The molecule has 11 heteroatoms. The monoisotopic (exact) mass is 579 g/mol. The molecule has 224 valence electrons. The second-order valence-corrected chi connectivity index (χ2v) is 10.3. The van der Waals surface area contributed by atoms with Gasteiger partial charge in [0, 0.05) is 38.0 Å². The van der Waals surface area contributed by atoms with Gasteiger partial charge in [-0.2, -0.15) is 0 Å². The Kier molecular flexibility index (Phi) is 9.90. The molecule has 3 aromatic rings. The predicted octanol–water partition coefficient (Wildman–Crippen LogP) is 4.16. The molecule has 1 aliphatic rings. The van der Waals surface area contributed by atoms with Crippen molar-refractivity contribution < 1.29 is 23.9 Å². The molecule has 1 fully saturated rings. The summed E-state index contributed by atoms with van der Waals surface area (Å²) in [5, 5.41) is 15.3. The molecule has 3 N–H and O–H groups in total.